The number of aryl methyl sites for hydroxylation is 2. The maximum atomic E-state index is 11.9. The van der Waals surface area contributed by atoms with Gasteiger partial charge in [-0.15, -0.1) is 0 Å². The van der Waals surface area contributed by atoms with E-state index in [2.05, 4.69) is 10.4 Å². The smallest absolute Gasteiger partial charge is 0.326 e. The lowest BCUT2D eigenvalue weighted by Gasteiger charge is -2.14. The van der Waals surface area contributed by atoms with Crippen LogP contribution < -0.4 is 5.32 Å². The molecule has 1 atom stereocenters. The minimum absolute atomic E-state index is 0.194. The number of benzene rings is 1. The van der Waals surface area contributed by atoms with Gasteiger partial charge in [0.05, 0.1) is 6.20 Å². The van der Waals surface area contributed by atoms with Crippen LogP contribution in [0.1, 0.15) is 17.5 Å². The lowest BCUT2D eigenvalue weighted by molar-refractivity contribution is -0.141. The van der Waals surface area contributed by atoms with E-state index in [0.29, 0.717) is 6.54 Å². The first kappa shape index (κ1) is 15.8. The first-order valence-corrected chi connectivity index (χ1v) is 7.10. The van der Waals surface area contributed by atoms with Crippen LogP contribution >= 0.6 is 0 Å². The Morgan fingerprint density at radius 1 is 1.32 bits per heavy atom. The van der Waals surface area contributed by atoms with Crippen molar-refractivity contribution in [3.63, 3.8) is 0 Å². The SMILES string of the molecule is Cc1cnn(CCC(=O)N[C@@H](Cc2ccccc2)C(=O)O)c1. The van der Waals surface area contributed by atoms with Gasteiger partial charge in [-0.3, -0.25) is 9.48 Å². The minimum Gasteiger partial charge on any atom is -0.480 e. The third kappa shape index (κ3) is 4.73. The van der Waals surface area contributed by atoms with Crippen molar-refractivity contribution in [2.45, 2.75) is 32.4 Å². The molecule has 6 nitrogen and oxygen atoms in total. The normalized spacial score (nSPS) is 11.9. The highest BCUT2D eigenvalue weighted by Gasteiger charge is 2.20. The van der Waals surface area contributed by atoms with Crippen molar-refractivity contribution < 1.29 is 14.7 Å². The van der Waals surface area contributed by atoms with E-state index in [1.165, 1.54) is 0 Å². The number of rotatable bonds is 7. The van der Waals surface area contributed by atoms with Crippen LogP contribution in [0.3, 0.4) is 0 Å². The van der Waals surface area contributed by atoms with Gasteiger partial charge in [0.15, 0.2) is 0 Å². The Hall–Kier alpha value is -2.63. The summed E-state index contributed by atoms with van der Waals surface area (Å²) in [6.45, 7) is 2.35. The summed E-state index contributed by atoms with van der Waals surface area (Å²) >= 11 is 0. The second-order valence-corrected chi connectivity index (χ2v) is 5.18. The number of aromatic nitrogens is 2. The molecule has 1 amide bonds. The van der Waals surface area contributed by atoms with Crippen LogP contribution in [-0.2, 0) is 22.6 Å². The van der Waals surface area contributed by atoms with Gasteiger partial charge in [-0.05, 0) is 18.1 Å². The van der Waals surface area contributed by atoms with E-state index in [-0.39, 0.29) is 18.7 Å². The quantitative estimate of drug-likeness (QED) is 0.809. The molecule has 2 N–H and O–H groups in total. The van der Waals surface area contributed by atoms with E-state index in [0.717, 1.165) is 11.1 Å². The number of carboxylic acid groups (broad SMARTS) is 1. The highest BCUT2D eigenvalue weighted by Crippen LogP contribution is 2.04. The zero-order valence-electron chi connectivity index (χ0n) is 12.4. The molecule has 1 aromatic heterocycles. The van der Waals surface area contributed by atoms with Crippen molar-refractivity contribution in [1.82, 2.24) is 15.1 Å². The number of hydrogen-bond acceptors (Lipinski definition) is 3. The second-order valence-electron chi connectivity index (χ2n) is 5.18. The molecule has 0 spiro atoms. The van der Waals surface area contributed by atoms with E-state index in [1.807, 2.05) is 43.5 Å². The van der Waals surface area contributed by atoms with Crippen LogP contribution in [0.25, 0.3) is 0 Å². The minimum atomic E-state index is -1.04. The predicted octanol–water partition coefficient (Wildman–Crippen LogP) is 1.39. The molecule has 0 saturated carbocycles. The monoisotopic (exact) mass is 301 g/mol. The summed E-state index contributed by atoms with van der Waals surface area (Å²) in [6.07, 6.45) is 4.02. The van der Waals surface area contributed by atoms with Gasteiger partial charge in [0.25, 0.3) is 0 Å². The van der Waals surface area contributed by atoms with Crippen LogP contribution in [-0.4, -0.2) is 32.8 Å². The van der Waals surface area contributed by atoms with Gasteiger partial charge >= 0.3 is 5.97 Å². The molecule has 1 heterocycles. The second kappa shape index (κ2) is 7.40. The number of carbonyl (C=O) groups excluding carboxylic acids is 1. The van der Waals surface area contributed by atoms with Gasteiger partial charge < -0.3 is 10.4 Å². The zero-order chi connectivity index (χ0) is 15.9. The molecular formula is C16H19N3O3. The largest absolute Gasteiger partial charge is 0.480 e. The molecule has 0 aliphatic rings. The Morgan fingerprint density at radius 2 is 2.05 bits per heavy atom. The number of carboxylic acids is 1. The van der Waals surface area contributed by atoms with Gasteiger partial charge in [0.1, 0.15) is 6.04 Å². The molecule has 0 aliphatic heterocycles. The molecule has 6 heteroatoms. The number of nitrogens with zero attached hydrogens (tertiary/aromatic N) is 2. The first-order valence-electron chi connectivity index (χ1n) is 7.10. The van der Waals surface area contributed by atoms with Gasteiger partial charge in [-0.1, -0.05) is 30.3 Å². The van der Waals surface area contributed by atoms with E-state index < -0.39 is 12.0 Å². The van der Waals surface area contributed by atoms with Crippen LogP contribution in [0.2, 0.25) is 0 Å². The highest BCUT2D eigenvalue weighted by molar-refractivity contribution is 5.83. The van der Waals surface area contributed by atoms with Crippen molar-refractivity contribution >= 4 is 11.9 Å². The topological polar surface area (TPSA) is 84.2 Å². The summed E-state index contributed by atoms with van der Waals surface area (Å²) in [7, 11) is 0. The van der Waals surface area contributed by atoms with Crippen molar-refractivity contribution in [1.29, 1.82) is 0 Å². The third-order valence-electron chi connectivity index (χ3n) is 3.25. The van der Waals surface area contributed by atoms with E-state index in [9.17, 15) is 14.7 Å². The molecule has 0 unspecified atom stereocenters. The predicted molar refractivity (Wildman–Crippen MR) is 81.3 cm³/mol. The van der Waals surface area contributed by atoms with Crippen LogP contribution in [0.15, 0.2) is 42.7 Å². The van der Waals surface area contributed by atoms with Crippen LogP contribution in [0, 0.1) is 6.92 Å². The van der Waals surface area contributed by atoms with E-state index in [1.54, 1.807) is 10.9 Å². The molecular weight excluding hydrogens is 282 g/mol. The Labute approximate surface area is 128 Å². The van der Waals surface area contributed by atoms with Gasteiger partial charge in [0, 0.05) is 25.6 Å². The van der Waals surface area contributed by atoms with Crippen molar-refractivity contribution in [2.24, 2.45) is 0 Å². The molecule has 1 aromatic carbocycles. The van der Waals surface area contributed by atoms with Gasteiger partial charge in [-0.2, -0.15) is 5.10 Å². The summed E-state index contributed by atoms with van der Waals surface area (Å²) in [4.78, 5) is 23.2. The third-order valence-corrected chi connectivity index (χ3v) is 3.25. The fraction of sp³-hybridized carbons (Fsp3) is 0.312. The lowest BCUT2D eigenvalue weighted by Crippen LogP contribution is -2.42. The highest BCUT2D eigenvalue weighted by atomic mass is 16.4. The molecule has 22 heavy (non-hydrogen) atoms. The number of aliphatic carboxylic acids is 1. The summed E-state index contributed by atoms with van der Waals surface area (Å²) in [6, 6.07) is 8.31. The fourth-order valence-corrected chi connectivity index (χ4v) is 2.12. The standard InChI is InChI=1S/C16H19N3O3/c1-12-10-17-19(11-12)8-7-15(20)18-14(16(21)22)9-13-5-3-2-4-6-13/h2-6,10-11,14H,7-9H2,1H3,(H,18,20)(H,21,22)/t14-/m0/s1. The Bertz CT molecular complexity index is 637. The maximum Gasteiger partial charge on any atom is 0.326 e. The number of carbonyl (C=O) groups is 2. The molecule has 2 aromatic rings. The Morgan fingerprint density at radius 3 is 2.64 bits per heavy atom. The average molecular weight is 301 g/mol. The zero-order valence-corrected chi connectivity index (χ0v) is 12.4. The fourth-order valence-electron chi connectivity index (χ4n) is 2.12. The average Bonchev–Trinajstić information content (AvgIpc) is 2.91. The molecule has 0 bridgehead atoms. The molecule has 0 fully saturated rings. The molecule has 0 aliphatic carbocycles. The van der Waals surface area contributed by atoms with Gasteiger partial charge in [-0.25, -0.2) is 4.79 Å². The van der Waals surface area contributed by atoms with Crippen molar-refractivity contribution in [3.8, 4) is 0 Å². The van der Waals surface area contributed by atoms with Crippen molar-refractivity contribution in [3.05, 3.63) is 53.9 Å². The van der Waals surface area contributed by atoms with E-state index in [4.69, 9.17) is 0 Å². The summed E-state index contributed by atoms with van der Waals surface area (Å²) in [5.74, 6) is -1.33. The molecule has 0 saturated heterocycles. The van der Waals surface area contributed by atoms with E-state index >= 15 is 0 Å². The summed E-state index contributed by atoms with van der Waals surface area (Å²) in [5.41, 5.74) is 1.89. The molecule has 116 valence electrons. The number of hydrogen-bond donors (Lipinski definition) is 2. The molecule has 2 rings (SSSR count). The Balaban J connectivity index is 1.87. The number of nitrogens with one attached hydrogen (secondary N) is 1. The number of amides is 1. The lowest BCUT2D eigenvalue weighted by atomic mass is 10.1. The molecule has 0 radical (unpaired) electrons. The first-order chi connectivity index (χ1) is 10.5. The summed E-state index contributed by atoms with van der Waals surface area (Å²) in [5, 5.41) is 15.9. The van der Waals surface area contributed by atoms with Crippen molar-refractivity contribution in [2.75, 3.05) is 0 Å². The maximum absolute atomic E-state index is 11.9. The van der Waals surface area contributed by atoms with Crippen LogP contribution in [0.5, 0.6) is 0 Å². The summed E-state index contributed by atoms with van der Waals surface area (Å²) < 4.78 is 1.67. The Kier molecular flexibility index (Phi) is 5.30. The van der Waals surface area contributed by atoms with Gasteiger partial charge in [0.2, 0.25) is 5.91 Å². The van der Waals surface area contributed by atoms with Crippen LogP contribution in [0.4, 0.5) is 0 Å².